The predicted octanol–water partition coefficient (Wildman–Crippen LogP) is 5.98. The number of benzene rings is 2. The van der Waals surface area contributed by atoms with Gasteiger partial charge in [0.2, 0.25) is 0 Å². The lowest BCUT2D eigenvalue weighted by molar-refractivity contribution is 0.305. The molecule has 0 radical (unpaired) electrons. The molecule has 4 heteroatoms. The van der Waals surface area contributed by atoms with Crippen LogP contribution in [-0.4, -0.2) is 0 Å². The van der Waals surface area contributed by atoms with Crippen molar-refractivity contribution < 1.29 is 4.74 Å². The summed E-state index contributed by atoms with van der Waals surface area (Å²) in [6.07, 6.45) is 0. The standard InChI is InChI=1S/C16H12BrClOS/c17-13-5-6-15(11(7-13)8-18)19-9-12-10-20-16-4-2-1-3-14(12)16/h1-7,10H,8-9H2. The number of ether oxygens (including phenoxy) is 1. The highest BCUT2D eigenvalue weighted by Crippen LogP contribution is 2.29. The van der Waals surface area contributed by atoms with Gasteiger partial charge in [-0.15, -0.1) is 22.9 Å². The van der Waals surface area contributed by atoms with Crippen LogP contribution in [0.5, 0.6) is 5.75 Å². The fraction of sp³-hybridized carbons (Fsp3) is 0.125. The van der Waals surface area contributed by atoms with Crippen molar-refractivity contribution in [3.8, 4) is 5.75 Å². The first-order valence-corrected chi connectivity index (χ1v) is 8.41. The molecule has 0 aliphatic carbocycles. The Hall–Kier alpha value is -1.03. The van der Waals surface area contributed by atoms with E-state index >= 15 is 0 Å². The molecule has 0 saturated heterocycles. The summed E-state index contributed by atoms with van der Waals surface area (Å²) in [4.78, 5) is 0. The molecule has 0 atom stereocenters. The summed E-state index contributed by atoms with van der Waals surface area (Å²) in [7, 11) is 0. The zero-order valence-corrected chi connectivity index (χ0v) is 13.8. The van der Waals surface area contributed by atoms with Gasteiger partial charge in [0.1, 0.15) is 12.4 Å². The molecule has 102 valence electrons. The Balaban J connectivity index is 1.83. The Morgan fingerprint density at radius 2 is 1.95 bits per heavy atom. The van der Waals surface area contributed by atoms with Crippen molar-refractivity contribution in [3.05, 3.63) is 63.4 Å². The summed E-state index contributed by atoms with van der Waals surface area (Å²) in [6, 6.07) is 14.3. The van der Waals surface area contributed by atoms with E-state index in [9.17, 15) is 0 Å². The summed E-state index contributed by atoms with van der Waals surface area (Å²) in [5, 5.41) is 3.42. The molecule has 0 spiro atoms. The van der Waals surface area contributed by atoms with Crippen molar-refractivity contribution in [1.29, 1.82) is 0 Å². The monoisotopic (exact) mass is 366 g/mol. The normalized spacial score (nSPS) is 10.9. The molecule has 20 heavy (non-hydrogen) atoms. The van der Waals surface area contributed by atoms with Gasteiger partial charge in [-0.1, -0.05) is 34.1 Å². The van der Waals surface area contributed by atoms with E-state index in [1.54, 1.807) is 11.3 Å². The Labute approximate surface area is 135 Å². The Kier molecular flexibility index (Phi) is 4.29. The van der Waals surface area contributed by atoms with Crippen LogP contribution >= 0.6 is 38.9 Å². The van der Waals surface area contributed by atoms with Crippen LogP contribution in [0.3, 0.4) is 0 Å². The molecule has 1 heterocycles. The van der Waals surface area contributed by atoms with E-state index in [4.69, 9.17) is 16.3 Å². The first kappa shape index (κ1) is 13.9. The van der Waals surface area contributed by atoms with Crippen LogP contribution in [0.1, 0.15) is 11.1 Å². The molecule has 3 aromatic rings. The van der Waals surface area contributed by atoms with Crippen LogP contribution in [0.15, 0.2) is 52.3 Å². The van der Waals surface area contributed by atoms with Gasteiger partial charge >= 0.3 is 0 Å². The number of halogens is 2. The zero-order chi connectivity index (χ0) is 13.9. The predicted molar refractivity (Wildman–Crippen MR) is 89.9 cm³/mol. The zero-order valence-electron chi connectivity index (χ0n) is 10.6. The number of thiophene rings is 1. The second kappa shape index (κ2) is 6.17. The summed E-state index contributed by atoms with van der Waals surface area (Å²) < 4.78 is 8.24. The van der Waals surface area contributed by atoms with Gasteiger partial charge in [0.15, 0.2) is 0 Å². The molecule has 0 N–H and O–H groups in total. The number of hydrogen-bond donors (Lipinski definition) is 0. The average Bonchev–Trinajstić information content (AvgIpc) is 2.89. The highest BCUT2D eigenvalue weighted by atomic mass is 79.9. The molecule has 1 nitrogen and oxygen atoms in total. The summed E-state index contributed by atoms with van der Waals surface area (Å²) >= 11 is 11.2. The Morgan fingerprint density at radius 1 is 1.10 bits per heavy atom. The second-order valence-electron chi connectivity index (χ2n) is 4.43. The van der Waals surface area contributed by atoms with E-state index < -0.39 is 0 Å². The molecular weight excluding hydrogens is 356 g/mol. The SMILES string of the molecule is ClCc1cc(Br)ccc1OCc1csc2ccccc12. The molecule has 2 aromatic carbocycles. The van der Waals surface area contributed by atoms with Gasteiger partial charge in [-0.25, -0.2) is 0 Å². The van der Waals surface area contributed by atoms with Crippen molar-refractivity contribution in [2.24, 2.45) is 0 Å². The first-order valence-electron chi connectivity index (χ1n) is 6.20. The van der Waals surface area contributed by atoms with Crippen LogP contribution in [0.4, 0.5) is 0 Å². The molecule has 0 amide bonds. The topological polar surface area (TPSA) is 9.23 Å². The van der Waals surface area contributed by atoms with Crippen LogP contribution in [0, 0.1) is 0 Å². The van der Waals surface area contributed by atoms with Crippen molar-refractivity contribution in [2.75, 3.05) is 0 Å². The minimum absolute atomic E-state index is 0.444. The van der Waals surface area contributed by atoms with Gasteiger partial charge in [-0.05, 0) is 35.0 Å². The van der Waals surface area contributed by atoms with E-state index in [1.807, 2.05) is 18.2 Å². The van der Waals surface area contributed by atoms with E-state index in [0.29, 0.717) is 12.5 Å². The summed E-state index contributed by atoms with van der Waals surface area (Å²) in [6.45, 7) is 0.565. The van der Waals surface area contributed by atoms with Gasteiger partial charge in [-0.3, -0.25) is 0 Å². The molecule has 0 aliphatic heterocycles. The van der Waals surface area contributed by atoms with Crippen molar-refractivity contribution >= 4 is 49.0 Å². The molecule has 0 fully saturated rings. The maximum absolute atomic E-state index is 5.96. The number of alkyl halides is 1. The smallest absolute Gasteiger partial charge is 0.124 e. The maximum Gasteiger partial charge on any atom is 0.124 e. The average molecular weight is 368 g/mol. The summed E-state index contributed by atoms with van der Waals surface area (Å²) in [5.74, 6) is 1.29. The highest BCUT2D eigenvalue weighted by molar-refractivity contribution is 9.10. The quantitative estimate of drug-likeness (QED) is 0.515. The Bertz CT molecular complexity index is 738. The van der Waals surface area contributed by atoms with Gasteiger partial charge in [-0.2, -0.15) is 0 Å². The Morgan fingerprint density at radius 3 is 2.80 bits per heavy atom. The minimum atomic E-state index is 0.444. The fourth-order valence-corrected chi connectivity index (χ4v) is 3.66. The van der Waals surface area contributed by atoms with Crippen molar-refractivity contribution in [1.82, 2.24) is 0 Å². The molecule has 0 unspecified atom stereocenters. The van der Waals surface area contributed by atoms with Crippen LogP contribution in [0.25, 0.3) is 10.1 Å². The van der Waals surface area contributed by atoms with E-state index in [0.717, 1.165) is 15.8 Å². The third-order valence-corrected chi connectivity index (χ3v) is 4.90. The molecule has 0 aliphatic rings. The van der Waals surface area contributed by atoms with Gasteiger partial charge in [0, 0.05) is 20.3 Å². The maximum atomic E-state index is 5.96. The van der Waals surface area contributed by atoms with Crippen molar-refractivity contribution in [2.45, 2.75) is 12.5 Å². The van der Waals surface area contributed by atoms with Gasteiger partial charge < -0.3 is 4.74 Å². The van der Waals surface area contributed by atoms with Gasteiger partial charge in [0.05, 0.1) is 5.88 Å². The molecule has 3 rings (SSSR count). The van der Waals surface area contributed by atoms with E-state index in [-0.39, 0.29) is 0 Å². The van der Waals surface area contributed by atoms with Crippen molar-refractivity contribution in [3.63, 3.8) is 0 Å². The molecule has 0 saturated carbocycles. The van der Waals surface area contributed by atoms with Gasteiger partial charge in [0.25, 0.3) is 0 Å². The number of hydrogen-bond acceptors (Lipinski definition) is 2. The van der Waals surface area contributed by atoms with E-state index in [2.05, 4.69) is 45.6 Å². The first-order chi connectivity index (χ1) is 9.78. The lowest BCUT2D eigenvalue weighted by atomic mass is 10.2. The third-order valence-electron chi connectivity index (χ3n) is 3.11. The second-order valence-corrected chi connectivity index (χ2v) is 6.53. The largest absolute Gasteiger partial charge is 0.489 e. The van der Waals surface area contributed by atoms with E-state index in [1.165, 1.54) is 15.6 Å². The fourth-order valence-electron chi connectivity index (χ4n) is 2.09. The molecular formula is C16H12BrClOS. The van der Waals surface area contributed by atoms with Crippen LogP contribution in [0.2, 0.25) is 0 Å². The number of fused-ring (bicyclic) bond motifs is 1. The highest BCUT2D eigenvalue weighted by Gasteiger charge is 2.07. The number of rotatable bonds is 4. The van der Waals surface area contributed by atoms with Crippen LogP contribution in [-0.2, 0) is 12.5 Å². The third kappa shape index (κ3) is 2.85. The lowest BCUT2D eigenvalue weighted by Gasteiger charge is -2.10. The summed E-state index contributed by atoms with van der Waals surface area (Å²) in [5.41, 5.74) is 2.22. The minimum Gasteiger partial charge on any atom is -0.489 e. The lowest BCUT2D eigenvalue weighted by Crippen LogP contribution is -1.97. The molecule has 1 aromatic heterocycles. The molecule has 0 bridgehead atoms. The van der Waals surface area contributed by atoms with Crippen LogP contribution < -0.4 is 4.74 Å².